The first kappa shape index (κ1) is 14.3. The van der Waals surface area contributed by atoms with Crippen LogP contribution in [-0.4, -0.2) is 36.3 Å². The predicted molar refractivity (Wildman–Crippen MR) is 80.4 cm³/mol. The second kappa shape index (κ2) is 6.39. The third-order valence-corrected chi connectivity index (χ3v) is 3.95. The zero-order valence-corrected chi connectivity index (χ0v) is 12.5. The standard InChI is InChI=1S/C16H21N3O2/c1-12-14(16-15(8-9-17-16)21-11-20-2)10-18-19(12)13-6-4-3-5-7-13/h3-7,10,15-17H,8-9,11H2,1-2H3/t15-,16-/m1/s1. The van der Waals surface area contributed by atoms with Crippen molar-refractivity contribution < 1.29 is 9.47 Å². The van der Waals surface area contributed by atoms with Crippen LogP contribution in [0.2, 0.25) is 0 Å². The number of methoxy groups -OCH3 is 1. The Morgan fingerprint density at radius 3 is 2.90 bits per heavy atom. The van der Waals surface area contributed by atoms with Crippen molar-refractivity contribution >= 4 is 0 Å². The molecule has 5 heteroatoms. The average molecular weight is 287 g/mol. The normalized spacial score (nSPS) is 21.8. The Kier molecular flexibility index (Phi) is 4.34. The van der Waals surface area contributed by atoms with Crippen LogP contribution < -0.4 is 5.32 Å². The van der Waals surface area contributed by atoms with Crippen LogP contribution >= 0.6 is 0 Å². The fourth-order valence-electron chi connectivity index (χ4n) is 2.88. The second-order valence-electron chi connectivity index (χ2n) is 5.26. The van der Waals surface area contributed by atoms with Crippen LogP contribution in [0.3, 0.4) is 0 Å². The molecule has 3 rings (SSSR count). The Bertz CT molecular complexity index is 582. The van der Waals surface area contributed by atoms with E-state index in [1.165, 1.54) is 5.56 Å². The largest absolute Gasteiger partial charge is 0.359 e. The molecule has 1 aromatic carbocycles. The molecule has 2 heterocycles. The molecule has 1 fully saturated rings. The van der Waals surface area contributed by atoms with Gasteiger partial charge in [-0.05, 0) is 32.0 Å². The van der Waals surface area contributed by atoms with Gasteiger partial charge in [0.05, 0.1) is 24.0 Å². The first-order chi connectivity index (χ1) is 10.3. The molecule has 0 amide bonds. The van der Waals surface area contributed by atoms with Crippen molar-refractivity contribution in [1.29, 1.82) is 0 Å². The third-order valence-electron chi connectivity index (χ3n) is 3.95. The van der Waals surface area contributed by atoms with Crippen molar-refractivity contribution in [2.45, 2.75) is 25.5 Å². The van der Waals surface area contributed by atoms with E-state index in [4.69, 9.17) is 9.47 Å². The molecule has 112 valence electrons. The van der Waals surface area contributed by atoms with Crippen molar-refractivity contribution in [2.75, 3.05) is 20.4 Å². The van der Waals surface area contributed by atoms with Gasteiger partial charge in [0.15, 0.2) is 0 Å². The molecule has 2 aromatic rings. The number of benzene rings is 1. The van der Waals surface area contributed by atoms with E-state index in [1.54, 1.807) is 7.11 Å². The molecule has 0 unspecified atom stereocenters. The van der Waals surface area contributed by atoms with Gasteiger partial charge in [-0.1, -0.05) is 18.2 Å². The predicted octanol–water partition coefficient (Wildman–Crippen LogP) is 2.20. The number of aromatic nitrogens is 2. The van der Waals surface area contributed by atoms with Gasteiger partial charge in [-0.3, -0.25) is 0 Å². The van der Waals surface area contributed by atoms with Crippen LogP contribution in [0, 0.1) is 6.92 Å². The summed E-state index contributed by atoms with van der Waals surface area (Å²) in [5, 5.41) is 8.04. The molecule has 0 bridgehead atoms. The van der Waals surface area contributed by atoms with Crippen LogP contribution in [0.5, 0.6) is 0 Å². The molecular weight excluding hydrogens is 266 g/mol. The van der Waals surface area contributed by atoms with E-state index < -0.39 is 0 Å². The smallest absolute Gasteiger partial charge is 0.146 e. The molecule has 0 spiro atoms. The van der Waals surface area contributed by atoms with Crippen LogP contribution in [0.15, 0.2) is 36.5 Å². The summed E-state index contributed by atoms with van der Waals surface area (Å²) >= 11 is 0. The molecule has 2 atom stereocenters. The lowest BCUT2D eigenvalue weighted by Gasteiger charge is -2.19. The second-order valence-corrected chi connectivity index (χ2v) is 5.26. The summed E-state index contributed by atoms with van der Waals surface area (Å²) < 4.78 is 12.8. The number of nitrogens with one attached hydrogen (secondary N) is 1. The van der Waals surface area contributed by atoms with Crippen molar-refractivity contribution in [3.05, 3.63) is 47.8 Å². The minimum absolute atomic E-state index is 0.136. The maximum atomic E-state index is 5.77. The van der Waals surface area contributed by atoms with Gasteiger partial charge >= 0.3 is 0 Å². The maximum Gasteiger partial charge on any atom is 0.146 e. The number of nitrogens with zero attached hydrogens (tertiary/aromatic N) is 2. The Labute approximate surface area is 124 Å². The molecule has 1 aliphatic rings. The first-order valence-corrected chi connectivity index (χ1v) is 7.25. The zero-order chi connectivity index (χ0) is 14.7. The van der Waals surface area contributed by atoms with E-state index >= 15 is 0 Å². The molecule has 21 heavy (non-hydrogen) atoms. The topological polar surface area (TPSA) is 48.3 Å². The van der Waals surface area contributed by atoms with Gasteiger partial charge in [-0.25, -0.2) is 4.68 Å². The average Bonchev–Trinajstić information content (AvgIpc) is 3.12. The van der Waals surface area contributed by atoms with Gasteiger partial charge in [-0.2, -0.15) is 5.10 Å². The molecule has 1 saturated heterocycles. The zero-order valence-electron chi connectivity index (χ0n) is 12.5. The molecule has 1 N–H and O–H groups in total. The molecule has 1 aliphatic heterocycles. The van der Waals surface area contributed by atoms with Gasteiger partial charge in [0, 0.05) is 18.4 Å². The van der Waals surface area contributed by atoms with Crippen LogP contribution in [-0.2, 0) is 9.47 Å². The van der Waals surface area contributed by atoms with E-state index in [0.29, 0.717) is 6.79 Å². The van der Waals surface area contributed by atoms with E-state index in [-0.39, 0.29) is 12.1 Å². The van der Waals surface area contributed by atoms with Crippen LogP contribution in [0.4, 0.5) is 0 Å². The maximum absolute atomic E-state index is 5.77. The lowest BCUT2D eigenvalue weighted by Crippen LogP contribution is -2.24. The minimum atomic E-state index is 0.136. The first-order valence-electron chi connectivity index (χ1n) is 7.25. The summed E-state index contributed by atoms with van der Waals surface area (Å²) in [6.07, 6.45) is 3.07. The Morgan fingerprint density at radius 2 is 2.14 bits per heavy atom. The number of hydrogen-bond donors (Lipinski definition) is 1. The van der Waals surface area contributed by atoms with Crippen LogP contribution in [0.25, 0.3) is 5.69 Å². The third kappa shape index (κ3) is 2.85. The summed E-state index contributed by atoms with van der Waals surface area (Å²) in [5.74, 6) is 0. The Morgan fingerprint density at radius 1 is 1.33 bits per heavy atom. The highest BCUT2D eigenvalue weighted by atomic mass is 16.7. The monoisotopic (exact) mass is 287 g/mol. The molecular formula is C16H21N3O2. The van der Waals surface area contributed by atoms with E-state index in [1.807, 2.05) is 29.1 Å². The summed E-state index contributed by atoms with van der Waals surface area (Å²) in [4.78, 5) is 0. The van der Waals surface area contributed by atoms with Crippen molar-refractivity contribution in [3.8, 4) is 5.69 Å². The Balaban J connectivity index is 1.85. The van der Waals surface area contributed by atoms with Gasteiger partial charge < -0.3 is 14.8 Å². The number of para-hydroxylation sites is 1. The number of hydrogen-bond acceptors (Lipinski definition) is 4. The summed E-state index contributed by atoms with van der Waals surface area (Å²) in [6, 6.07) is 10.4. The van der Waals surface area contributed by atoms with E-state index in [2.05, 4.69) is 29.5 Å². The summed E-state index contributed by atoms with van der Waals surface area (Å²) in [7, 11) is 1.65. The number of rotatable bonds is 5. The Hall–Kier alpha value is -1.69. The highest BCUT2D eigenvalue weighted by Gasteiger charge is 2.31. The fraction of sp³-hybridized carbons (Fsp3) is 0.438. The van der Waals surface area contributed by atoms with Crippen LogP contribution in [0.1, 0.15) is 23.7 Å². The lowest BCUT2D eigenvalue weighted by atomic mass is 10.0. The SMILES string of the molecule is COCO[C@@H]1CCN[C@@H]1c1cnn(-c2ccccc2)c1C. The molecule has 0 radical (unpaired) electrons. The van der Waals surface area contributed by atoms with Gasteiger partial charge in [-0.15, -0.1) is 0 Å². The van der Waals surface area contributed by atoms with Crippen molar-refractivity contribution in [3.63, 3.8) is 0 Å². The van der Waals surface area contributed by atoms with Gasteiger partial charge in [0.25, 0.3) is 0 Å². The summed E-state index contributed by atoms with van der Waals surface area (Å²) in [6.45, 7) is 3.38. The quantitative estimate of drug-likeness (QED) is 0.857. The molecule has 5 nitrogen and oxygen atoms in total. The molecule has 1 aromatic heterocycles. The fourth-order valence-corrected chi connectivity index (χ4v) is 2.88. The van der Waals surface area contributed by atoms with E-state index in [9.17, 15) is 0 Å². The summed E-state index contributed by atoms with van der Waals surface area (Å²) in [5.41, 5.74) is 3.41. The molecule has 0 saturated carbocycles. The van der Waals surface area contributed by atoms with Crippen molar-refractivity contribution in [2.24, 2.45) is 0 Å². The molecule has 0 aliphatic carbocycles. The lowest BCUT2D eigenvalue weighted by molar-refractivity contribution is -0.0750. The highest BCUT2D eigenvalue weighted by Crippen LogP contribution is 2.29. The highest BCUT2D eigenvalue weighted by molar-refractivity contribution is 5.36. The minimum Gasteiger partial charge on any atom is -0.359 e. The number of ether oxygens (including phenoxy) is 2. The van der Waals surface area contributed by atoms with E-state index in [0.717, 1.165) is 24.3 Å². The van der Waals surface area contributed by atoms with Gasteiger partial charge in [0.2, 0.25) is 0 Å². The van der Waals surface area contributed by atoms with Gasteiger partial charge in [0.1, 0.15) is 6.79 Å². The van der Waals surface area contributed by atoms with Crippen molar-refractivity contribution in [1.82, 2.24) is 15.1 Å².